The molecular formula is C15H22F2NO2Si. The van der Waals surface area contributed by atoms with E-state index < -0.39 is 31.6 Å². The number of carbonyl (C=O) groups is 1. The van der Waals surface area contributed by atoms with Gasteiger partial charge >= 0.3 is 5.97 Å². The summed E-state index contributed by atoms with van der Waals surface area (Å²) in [6, 6.07) is 3.30. The van der Waals surface area contributed by atoms with Crippen LogP contribution in [0.25, 0.3) is 0 Å². The van der Waals surface area contributed by atoms with Crippen LogP contribution in [0.2, 0.25) is 13.1 Å². The summed E-state index contributed by atoms with van der Waals surface area (Å²) >= 11 is 0. The predicted octanol–water partition coefficient (Wildman–Crippen LogP) is 2.84. The number of benzene rings is 1. The molecule has 1 radical (unpaired) electrons. The van der Waals surface area contributed by atoms with Gasteiger partial charge in [-0.2, -0.15) is 0 Å². The van der Waals surface area contributed by atoms with Crippen molar-refractivity contribution in [1.82, 2.24) is 0 Å². The van der Waals surface area contributed by atoms with Crippen LogP contribution in [0, 0.1) is 11.6 Å². The van der Waals surface area contributed by atoms with E-state index in [1.165, 1.54) is 12.1 Å². The smallest absolute Gasteiger partial charge is 0.322 e. The zero-order valence-corrected chi connectivity index (χ0v) is 13.7. The number of ether oxygens (including phenoxy) is 1. The van der Waals surface area contributed by atoms with E-state index in [0.717, 1.165) is 18.9 Å². The lowest BCUT2D eigenvalue weighted by Gasteiger charge is -2.30. The van der Waals surface area contributed by atoms with E-state index >= 15 is 0 Å². The van der Waals surface area contributed by atoms with E-state index in [1.807, 2.05) is 20.0 Å². The summed E-state index contributed by atoms with van der Waals surface area (Å²) < 4.78 is 31.9. The first-order chi connectivity index (χ1) is 9.81. The largest absolute Gasteiger partial charge is 0.465 e. The maximum atomic E-state index is 13.8. The first kappa shape index (κ1) is 17.8. The Morgan fingerprint density at radius 2 is 2.05 bits per heavy atom. The number of esters is 1. The monoisotopic (exact) mass is 314 g/mol. The Labute approximate surface area is 126 Å². The quantitative estimate of drug-likeness (QED) is 0.478. The minimum atomic E-state index is -1.29. The van der Waals surface area contributed by atoms with Gasteiger partial charge < -0.3 is 10.5 Å². The van der Waals surface area contributed by atoms with Crippen molar-refractivity contribution in [3.05, 3.63) is 35.4 Å². The average molecular weight is 314 g/mol. The zero-order chi connectivity index (χ0) is 16.0. The lowest BCUT2D eigenvalue weighted by molar-refractivity contribution is -0.147. The van der Waals surface area contributed by atoms with Crippen molar-refractivity contribution in [2.75, 3.05) is 6.61 Å². The highest BCUT2D eigenvalue weighted by atomic mass is 28.3. The molecule has 1 aromatic rings. The molecule has 3 nitrogen and oxygen atoms in total. The van der Waals surface area contributed by atoms with Crippen molar-refractivity contribution in [3.63, 3.8) is 0 Å². The van der Waals surface area contributed by atoms with Gasteiger partial charge in [0, 0.05) is 12.5 Å². The first-order valence-corrected chi connectivity index (χ1v) is 9.52. The van der Waals surface area contributed by atoms with E-state index in [0.29, 0.717) is 6.61 Å². The summed E-state index contributed by atoms with van der Waals surface area (Å²) in [7, 11) is -1.29. The number of nitrogens with two attached hydrogens (primary N) is 1. The summed E-state index contributed by atoms with van der Waals surface area (Å²) in [4.78, 5) is 12.2. The van der Waals surface area contributed by atoms with Crippen molar-refractivity contribution in [1.29, 1.82) is 0 Å². The second-order valence-corrected chi connectivity index (χ2v) is 8.27. The molecule has 0 bridgehead atoms. The first-order valence-electron chi connectivity index (χ1n) is 7.02. The van der Waals surface area contributed by atoms with Crippen LogP contribution in [0.15, 0.2) is 18.2 Å². The van der Waals surface area contributed by atoms with Crippen molar-refractivity contribution in [3.8, 4) is 0 Å². The van der Waals surface area contributed by atoms with Gasteiger partial charge in [0.1, 0.15) is 16.8 Å². The van der Waals surface area contributed by atoms with Crippen LogP contribution >= 0.6 is 0 Å². The maximum absolute atomic E-state index is 13.8. The summed E-state index contributed by atoms with van der Waals surface area (Å²) in [5.41, 5.74) is 6.45. The van der Waals surface area contributed by atoms with Gasteiger partial charge in [-0.25, -0.2) is 8.78 Å². The lowest BCUT2D eigenvalue weighted by atomic mass is 10.1. The molecule has 0 amide bonds. The Bertz CT molecular complexity index is 497. The fourth-order valence-corrected chi connectivity index (χ4v) is 2.88. The Kier molecular flexibility index (Phi) is 6.48. The predicted molar refractivity (Wildman–Crippen MR) is 80.3 cm³/mol. The van der Waals surface area contributed by atoms with Gasteiger partial charge in [-0.15, -0.1) is 0 Å². The highest BCUT2D eigenvalue weighted by Crippen LogP contribution is 2.20. The van der Waals surface area contributed by atoms with Crippen LogP contribution in [-0.4, -0.2) is 26.5 Å². The Morgan fingerprint density at radius 3 is 2.57 bits per heavy atom. The highest BCUT2D eigenvalue weighted by molar-refractivity contribution is 6.64. The molecule has 0 aliphatic rings. The normalized spacial score (nSPS) is 14.0. The fourth-order valence-electron chi connectivity index (χ4n) is 1.86. The number of carbonyl (C=O) groups excluding carboxylic acids is 1. The van der Waals surface area contributed by atoms with Crippen molar-refractivity contribution in [2.45, 2.75) is 44.4 Å². The van der Waals surface area contributed by atoms with Crippen LogP contribution in [0.1, 0.15) is 25.3 Å². The van der Waals surface area contributed by atoms with Gasteiger partial charge in [0.25, 0.3) is 0 Å². The Balaban J connectivity index is 2.92. The molecule has 0 saturated carbocycles. The SMILES string of the molecule is CCCCOC(=O)C(N)(Cc1ccc(F)cc1F)[Si](C)C. The lowest BCUT2D eigenvalue weighted by Crippen LogP contribution is -2.60. The average Bonchev–Trinajstić information content (AvgIpc) is 2.41. The second kappa shape index (κ2) is 7.65. The van der Waals surface area contributed by atoms with Gasteiger partial charge in [-0.3, -0.25) is 4.79 Å². The van der Waals surface area contributed by atoms with Crippen LogP contribution in [-0.2, 0) is 16.0 Å². The number of unbranched alkanes of at least 4 members (excludes halogenated alkanes) is 1. The molecule has 1 aromatic carbocycles. The maximum Gasteiger partial charge on any atom is 0.322 e. The number of hydrogen-bond donors (Lipinski definition) is 1. The zero-order valence-electron chi connectivity index (χ0n) is 12.7. The van der Waals surface area contributed by atoms with Crippen molar-refractivity contribution >= 4 is 14.8 Å². The van der Waals surface area contributed by atoms with E-state index in [2.05, 4.69) is 0 Å². The van der Waals surface area contributed by atoms with E-state index in [4.69, 9.17) is 10.5 Å². The molecule has 0 heterocycles. The van der Waals surface area contributed by atoms with Gasteiger partial charge in [0.2, 0.25) is 0 Å². The van der Waals surface area contributed by atoms with E-state index in [9.17, 15) is 13.6 Å². The highest BCUT2D eigenvalue weighted by Gasteiger charge is 2.40. The number of halogens is 2. The molecular weight excluding hydrogens is 292 g/mol. The van der Waals surface area contributed by atoms with E-state index in [1.54, 1.807) is 0 Å². The Morgan fingerprint density at radius 1 is 1.38 bits per heavy atom. The molecule has 0 saturated heterocycles. The molecule has 0 spiro atoms. The molecule has 6 heteroatoms. The van der Waals surface area contributed by atoms with Crippen molar-refractivity contribution in [2.24, 2.45) is 5.73 Å². The topological polar surface area (TPSA) is 52.3 Å². The van der Waals surface area contributed by atoms with Gasteiger partial charge in [-0.1, -0.05) is 32.5 Å². The molecule has 1 unspecified atom stereocenters. The van der Waals surface area contributed by atoms with Crippen LogP contribution in [0.5, 0.6) is 0 Å². The third-order valence-corrected chi connectivity index (χ3v) is 5.64. The molecule has 2 N–H and O–H groups in total. The van der Waals surface area contributed by atoms with Gasteiger partial charge in [0.15, 0.2) is 0 Å². The van der Waals surface area contributed by atoms with E-state index in [-0.39, 0.29) is 12.0 Å². The molecule has 0 fully saturated rings. The van der Waals surface area contributed by atoms with Gasteiger partial charge in [0.05, 0.1) is 15.4 Å². The molecule has 0 aromatic heterocycles. The minimum Gasteiger partial charge on any atom is -0.465 e. The molecule has 21 heavy (non-hydrogen) atoms. The van der Waals surface area contributed by atoms with Gasteiger partial charge in [-0.05, 0) is 18.1 Å². The summed E-state index contributed by atoms with van der Waals surface area (Å²) in [6.45, 7) is 6.07. The molecule has 1 rings (SSSR count). The second-order valence-electron chi connectivity index (χ2n) is 5.37. The summed E-state index contributed by atoms with van der Waals surface area (Å²) in [5.74, 6) is -1.84. The molecule has 1 atom stereocenters. The minimum absolute atomic E-state index is 0.0192. The number of hydrogen-bond acceptors (Lipinski definition) is 3. The molecule has 0 aliphatic carbocycles. The van der Waals surface area contributed by atoms with Crippen LogP contribution < -0.4 is 5.73 Å². The number of rotatable bonds is 7. The molecule has 117 valence electrons. The van der Waals surface area contributed by atoms with Crippen molar-refractivity contribution < 1.29 is 18.3 Å². The molecule has 0 aliphatic heterocycles. The summed E-state index contributed by atoms with van der Waals surface area (Å²) in [5, 5.41) is -1.23. The third kappa shape index (κ3) is 4.61. The summed E-state index contributed by atoms with van der Waals surface area (Å²) in [6.07, 6.45) is 1.70. The Hall–Kier alpha value is -1.27. The van der Waals surface area contributed by atoms with Crippen LogP contribution in [0.4, 0.5) is 8.78 Å². The fraction of sp³-hybridized carbons (Fsp3) is 0.533. The third-order valence-electron chi connectivity index (χ3n) is 3.47. The standard InChI is InChI=1S/C15H22F2NO2Si/c1-4-5-8-20-14(19)15(18,21(2)3)10-11-6-7-12(16)9-13(11)17/h6-7,9H,4-5,8,10,18H2,1-3H3. The van der Waals surface area contributed by atoms with Crippen LogP contribution in [0.3, 0.4) is 0 Å².